The van der Waals surface area contributed by atoms with Gasteiger partial charge in [-0.25, -0.2) is 9.07 Å². The minimum Gasteiger partial charge on any atom is -0.326 e. The van der Waals surface area contributed by atoms with Gasteiger partial charge >= 0.3 is 0 Å². The number of hydrogen-bond donors (Lipinski definition) is 1. The van der Waals surface area contributed by atoms with Crippen molar-refractivity contribution in [2.45, 2.75) is 20.1 Å². The average molecular weight is 420 g/mol. The Balaban J connectivity index is 1.78. The first-order chi connectivity index (χ1) is 13.3. The largest absolute Gasteiger partial charge is 0.326 e. The maximum absolute atomic E-state index is 14.0. The molecule has 0 aliphatic carbocycles. The number of halogens is 2. The maximum Gasteiger partial charge on any atom is 0.221 e. The van der Waals surface area contributed by atoms with Gasteiger partial charge in [-0.15, -0.1) is 0 Å². The van der Waals surface area contributed by atoms with E-state index in [0.717, 1.165) is 5.69 Å². The van der Waals surface area contributed by atoms with Gasteiger partial charge in [0.25, 0.3) is 0 Å². The standard InChI is InChI=1S/C19H19ClFN5OS/c1-13(27)23-14-5-3-6-15(9-14)25-11-22-26(19(25)28)12-24(2)10-16-17(20)7-4-8-18(16)21/h3-9,11H,10,12H2,1-2H3,(H,23,27). The molecule has 1 N–H and O–H groups in total. The Labute approximate surface area is 172 Å². The van der Waals surface area contributed by atoms with Gasteiger partial charge in [0.15, 0.2) is 0 Å². The molecule has 1 heterocycles. The number of rotatable bonds is 6. The second kappa shape index (κ2) is 8.64. The summed E-state index contributed by atoms with van der Waals surface area (Å²) in [6.07, 6.45) is 1.61. The summed E-state index contributed by atoms with van der Waals surface area (Å²) in [5.41, 5.74) is 1.88. The summed E-state index contributed by atoms with van der Waals surface area (Å²) in [6.45, 7) is 2.13. The van der Waals surface area contributed by atoms with Crippen LogP contribution in [-0.4, -0.2) is 32.2 Å². The van der Waals surface area contributed by atoms with Crippen molar-refractivity contribution in [2.75, 3.05) is 12.4 Å². The van der Waals surface area contributed by atoms with E-state index in [1.165, 1.54) is 13.0 Å². The molecule has 1 aromatic heterocycles. The summed E-state index contributed by atoms with van der Waals surface area (Å²) in [5, 5.41) is 7.46. The van der Waals surface area contributed by atoms with E-state index in [0.29, 0.717) is 34.3 Å². The van der Waals surface area contributed by atoms with Gasteiger partial charge in [0.1, 0.15) is 12.1 Å². The maximum atomic E-state index is 14.0. The molecule has 0 saturated heterocycles. The number of carbonyl (C=O) groups excluding carboxylic acids is 1. The number of hydrogen-bond acceptors (Lipinski definition) is 4. The van der Waals surface area contributed by atoms with Crippen LogP contribution in [0.4, 0.5) is 10.1 Å². The predicted octanol–water partition coefficient (Wildman–Crippen LogP) is 4.24. The van der Waals surface area contributed by atoms with Crippen molar-refractivity contribution in [3.05, 3.63) is 70.0 Å². The zero-order valence-corrected chi connectivity index (χ0v) is 17.0. The Bertz CT molecular complexity index is 1040. The van der Waals surface area contributed by atoms with Crippen LogP contribution in [0.5, 0.6) is 0 Å². The fraction of sp³-hybridized carbons (Fsp3) is 0.211. The Kier molecular flexibility index (Phi) is 6.23. The Morgan fingerprint density at radius 3 is 2.79 bits per heavy atom. The van der Waals surface area contributed by atoms with Gasteiger partial charge in [0, 0.05) is 29.7 Å². The summed E-state index contributed by atoms with van der Waals surface area (Å²) < 4.78 is 17.8. The van der Waals surface area contributed by atoms with Gasteiger partial charge < -0.3 is 5.32 Å². The molecule has 3 aromatic rings. The number of nitrogens with zero attached hydrogens (tertiary/aromatic N) is 4. The molecular formula is C19H19ClFN5OS. The third-order valence-electron chi connectivity index (χ3n) is 4.04. The SMILES string of the molecule is CC(=O)Nc1cccc(-n2cnn(CN(C)Cc3c(F)cccc3Cl)c2=S)c1. The third kappa shape index (κ3) is 4.64. The monoisotopic (exact) mass is 419 g/mol. The Hall–Kier alpha value is -2.55. The molecule has 0 aliphatic rings. The molecule has 0 aliphatic heterocycles. The molecule has 0 saturated carbocycles. The number of aromatic nitrogens is 3. The molecule has 1 amide bonds. The molecule has 0 radical (unpaired) electrons. The lowest BCUT2D eigenvalue weighted by Crippen LogP contribution is -2.23. The minimum absolute atomic E-state index is 0.148. The lowest BCUT2D eigenvalue weighted by atomic mass is 10.2. The van der Waals surface area contributed by atoms with Gasteiger partial charge in [-0.3, -0.25) is 14.3 Å². The highest BCUT2D eigenvalue weighted by Crippen LogP contribution is 2.21. The van der Waals surface area contributed by atoms with Crippen molar-refractivity contribution < 1.29 is 9.18 Å². The second-order valence-corrected chi connectivity index (χ2v) is 7.14. The van der Waals surface area contributed by atoms with Crippen molar-refractivity contribution in [2.24, 2.45) is 0 Å². The van der Waals surface area contributed by atoms with Crippen molar-refractivity contribution in [1.29, 1.82) is 0 Å². The molecule has 0 fully saturated rings. The number of benzene rings is 2. The van der Waals surface area contributed by atoms with Crippen LogP contribution in [0.15, 0.2) is 48.8 Å². The molecule has 3 rings (SSSR count). The Morgan fingerprint density at radius 1 is 1.32 bits per heavy atom. The Morgan fingerprint density at radius 2 is 2.07 bits per heavy atom. The molecule has 0 atom stereocenters. The zero-order chi connectivity index (χ0) is 20.3. The van der Waals surface area contributed by atoms with Gasteiger partial charge in [0.05, 0.1) is 12.4 Å². The van der Waals surface area contributed by atoms with Crippen molar-refractivity contribution in [3.63, 3.8) is 0 Å². The van der Waals surface area contributed by atoms with E-state index in [9.17, 15) is 9.18 Å². The first-order valence-corrected chi connectivity index (χ1v) is 9.27. The number of amides is 1. The molecule has 0 bridgehead atoms. The van der Waals surface area contributed by atoms with Crippen LogP contribution in [0.25, 0.3) is 5.69 Å². The summed E-state index contributed by atoms with van der Waals surface area (Å²) in [4.78, 5) is 13.1. The van der Waals surface area contributed by atoms with E-state index in [4.69, 9.17) is 23.8 Å². The summed E-state index contributed by atoms with van der Waals surface area (Å²) >= 11 is 11.6. The number of nitrogens with one attached hydrogen (secondary N) is 1. The van der Waals surface area contributed by atoms with Crippen LogP contribution < -0.4 is 5.32 Å². The fourth-order valence-corrected chi connectivity index (χ4v) is 3.26. The fourth-order valence-electron chi connectivity index (χ4n) is 2.78. The van der Waals surface area contributed by atoms with E-state index in [1.54, 1.807) is 33.8 Å². The third-order valence-corrected chi connectivity index (χ3v) is 4.80. The molecule has 0 spiro atoms. The van der Waals surface area contributed by atoms with Crippen molar-refractivity contribution >= 4 is 35.4 Å². The van der Waals surface area contributed by atoms with E-state index in [2.05, 4.69) is 10.4 Å². The topological polar surface area (TPSA) is 55.1 Å². The van der Waals surface area contributed by atoms with E-state index in [1.807, 2.05) is 30.1 Å². The zero-order valence-electron chi connectivity index (χ0n) is 15.4. The first-order valence-electron chi connectivity index (χ1n) is 8.49. The van der Waals surface area contributed by atoms with Gasteiger partial charge in [-0.05, 0) is 49.6 Å². The number of anilines is 1. The minimum atomic E-state index is -0.344. The molecule has 146 valence electrons. The molecule has 6 nitrogen and oxygen atoms in total. The van der Waals surface area contributed by atoms with Crippen LogP contribution >= 0.6 is 23.8 Å². The van der Waals surface area contributed by atoms with Crippen LogP contribution in [0.2, 0.25) is 5.02 Å². The molecule has 28 heavy (non-hydrogen) atoms. The van der Waals surface area contributed by atoms with Crippen molar-refractivity contribution in [1.82, 2.24) is 19.2 Å². The van der Waals surface area contributed by atoms with Crippen LogP contribution in [0.1, 0.15) is 12.5 Å². The van der Waals surface area contributed by atoms with E-state index < -0.39 is 0 Å². The molecule has 9 heteroatoms. The highest BCUT2D eigenvalue weighted by Gasteiger charge is 2.12. The molecule has 0 unspecified atom stereocenters. The highest BCUT2D eigenvalue weighted by molar-refractivity contribution is 7.71. The normalized spacial score (nSPS) is 11.0. The number of carbonyl (C=O) groups is 1. The van der Waals surface area contributed by atoms with Crippen LogP contribution in [-0.2, 0) is 18.0 Å². The van der Waals surface area contributed by atoms with Gasteiger partial charge in [0.2, 0.25) is 10.7 Å². The smallest absolute Gasteiger partial charge is 0.221 e. The molecule has 2 aromatic carbocycles. The summed E-state index contributed by atoms with van der Waals surface area (Å²) in [6, 6.07) is 11.9. The van der Waals surface area contributed by atoms with E-state index in [-0.39, 0.29) is 11.7 Å². The van der Waals surface area contributed by atoms with Crippen LogP contribution in [0, 0.1) is 10.6 Å². The highest BCUT2D eigenvalue weighted by atomic mass is 35.5. The lowest BCUT2D eigenvalue weighted by Gasteiger charge is -2.17. The van der Waals surface area contributed by atoms with E-state index >= 15 is 0 Å². The first kappa shape index (κ1) is 20.2. The summed E-state index contributed by atoms with van der Waals surface area (Å²) in [5.74, 6) is -0.492. The second-order valence-electron chi connectivity index (χ2n) is 6.37. The predicted molar refractivity (Wildman–Crippen MR) is 110 cm³/mol. The summed E-state index contributed by atoms with van der Waals surface area (Å²) in [7, 11) is 1.83. The van der Waals surface area contributed by atoms with Crippen molar-refractivity contribution in [3.8, 4) is 5.69 Å². The van der Waals surface area contributed by atoms with Crippen LogP contribution in [0.3, 0.4) is 0 Å². The van der Waals surface area contributed by atoms with Gasteiger partial charge in [-0.1, -0.05) is 23.7 Å². The average Bonchev–Trinajstić information content (AvgIpc) is 2.98. The lowest BCUT2D eigenvalue weighted by molar-refractivity contribution is -0.114. The quantitative estimate of drug-likeness (QED) is 0.607. The molecular weight excluding hydrogens is 401 g/mol. The van der Waals surface area contributed by atoms with Gasteiger partial charge in [-0.2, -0.15) is 5.10 Å².